The van der Waals surface area contributed by atoms with E-state index in [1.54, 1.807) is 32.4 Å². The van der Waals surface area contributed by atoms with Crippen LogP contribution >= 0.6 is 0 Å². The van der Waals surface area contributed by atoms with Crippen molar-refractivity contribution in [1.29, 1.82) is 0 Å². The van der Waals surface area contributed by atoms with E-state index < -0.39 is 0 Å². The maximum absolute atomic E-state index is 12.6. The van der Waals surface area contributed by atoms with Crippen LogP contribution in [0.4, 0.5) is 0 Å². The molecule has 0 radical (unpaired) electrons. The van der Waals surface area contributed by atoms with Gasteiger partial charge in [0.15, 0.2) is 0 Å². The highest BCUT2D eigenvalue weighted by molar-refractivity contribution is 5.88. The van der Waals surface area contributed by atoms with Crippen molar-refractivity contribution in [2.75, 3.05) is 53.9 Å². The zero-order chi connectivity index (χ0) is 18.7. The molecule has 1 aromatic carbocycles. The first kappa shape index (κ1) is 18.3. The minimum absolute atomic E-state index is 0.0853. The standard InChI is InChI=1S/C19H25N3O4/c1-20(2)19(24)12-21-6-8-22(9-7-21)18(23)10-14-13-26-17-11-15(25-3)4-5-16(14)17/h4-5,11,13H,6-10,12H2,1-3H3. The molecule has 0 unspecified atom stereocenters. The van der Waals surface area contributed by atoms with Gasteiger partial charge in [-0.15, -0.1) is 0 Å². The Morgan fingerprint density at radius 1 is 1.19 bits per heavy atom. The van der Waals surface area contributed by atoms with Crippen LogP contribution in [-0.4, -0.2) is 80.4 Å². The molecule has 0 bridgehead atoms. The summed E-state index contributed by atoms with van der Waals surface area (Å²) in [5.41, 5.74) is 1.61. The average molecular weight is 359 g/mol. The van der Waals surface area contributed by atoms with E-state index in [9.17, 15) is 9.59 Å². The predicted molar refractivity (Wildman–Crippen MR) is 98.2 cm³/mol. The quantitative estimate of drug-likeness (QED) is 0.803. The minimum atomic E-state index is 0.0853. The van der Waals surface area contributed by atoms with Crippen molar-refractivity contribution in [3.05, 3.63) is 30.0 Å². The molecule has 26 heavy (non-hydrogen) atoms. The van der Waals surface area contributed by atoms with Crippen molar-refractivity contribution in [3.8, 4) is 5.75 Å². The molecule has 1 aromatic heterocycles. The Morgan fingerprint density at radius 3 is 2.58 bits per heavy atom. The number of benzene rings is 1. The number of amides is 2. The predicted octanol–water partition coefficient (Wildman–Crippen LogP) is 1.22. The van der Waals surface area contributed by atoms with Crippen molar-refractivity contribution in [2.45, 2.75) is 6.42 Å². The van der Waals surface area contributed by atoms with Crippen LogP contribution in [0.3, 0.4) is 0 Å². The summed E-state index contributed by atoms with van der Waals surface area (Å²) >= 11 is 0. The normalized spacial score (nSPS) is 15.3. The molecule has 0 saturated carbocycles. The van der Waals surface area contributed by atoms with Crippen LogP contribution in [0.5, 0.6) is 5.75 Å². The van der Waals surface area contributed by atoms with Crippen molar-refractivity contribution < 1.29 is 18.7 Å². The van der Waals surface area contributed by atoms with Gasteiger partial charge in [-0.3, -0.25) is 14.5 Å². The van der Waals surface area contributed by atoms with Crippen LogP contribution < -0.4 is 4.74 Å². The number of methoxy groups -OCH3 is 1. The zero-order valence-electron chi connectivity index (χ0n) is 15.5. The molecular weight excluding hydrogens is 334 g/mol. The Hall–Kier alpha value is -2.54. The van der Waals surface area contributed by atoms with Crippen LogP contribution in [0.15, 0.2) is 28.9 Å². The molecule has 1 fully saturated rings. The van der Waals surface area contributed by atoms with Gasteiger partial charge in [0.25, 0.3) is 0 Å². The third kappa shape index (κ3) is 3.99. The molecule has 0 aliphatic carbocycles. The highest BCUT2D eigenvalue weighted by Gasteiger charge is 2.23. The summed E-state index contributed by atoms with van der Waals surface area (Å²) in [6.45, 7) is 3.12. The summed E-state index contributed by atoms with van der Waals surface area (Å²) in [5.74, 6) is 0.903. The number of hydrogen-bond donors (Lipinski definition) is 0. The molecule has 1 aliphatic heterocycles. The molecule has 0 spiro atoms. The van der Waals surface area contributed by atoms with Gasteiger partial charge in [0.2, 0.25) is 11.8 Å². The number of likely N-dealkylation sites (N-methyl/N-ethyl adjacent to an activating group) is 1. The molecule has 2 heterocycles. The number of hydrogen-bond acceptors (Lipinski definition) is 5. The van der Waals surface area contributed by atoms with Crippen molar-refractivity contribution >= 4 is 22.8 Å². The fourth-order valence-electron chi connectivity index (χ4n) is 3.09. The molecule has 0 atom stereocenters. The molecular formula is C19H25N3O4. The summed E-state index contributed by atoms with van der Waals surface area (Å²) < 4.78 is 10.8. The average Bonchev–Trinajstić information content (AvgIpc) is 3.04. The summed E-state index contributed by atoms with van der Waals surface area (Å²) in [5, 5.41) is 0.939. The Kier molecular flexibility index (Phi) is 5.46. The molecule has 1 saturated heterocycles. The summed E-state index contributed by atoms with van der Waals surface area (Å²) in [4.78, 5) is 30.0. The van der Waals surface area contributed by atoms with Crippen LogP contribution in [0.25, 0.3) is 11.0 Å². The minimum Gasteiger partial charge on any atom is -0.497 e. The Labute approximate surface area is 153 Å². The van der Waals surface area contributed by atoms with Gasteiger partial charge in [0.1, 0.15) is 11.3 Å². The van der Waals surface area contributed by atoms with Crippen LogP contribution in [0.2, 0.25) is 0 Å². The van der Waals surface area contributed by atoms with Crippen molar-refractivity contribution in [2.24, 2.45) is 0 Å². The summed E-state index contributed by atoms with van der Waals surface area (Å²) in [7, 11) is 5.13. The van der Waals surface area contributed by atoms with E-state index in [1.807, 2.05) is 23.1 Å². The summed E-state index contributed by atoms with van der Waals surface area (Å²) in [6, 6.07) is 5.61. The number of carbonyl (C=O) groups is 2. The van der Waals surface area contributed by atoms with Gasteiger partial charge >= 0.3 is 0 Å². The molecule has 2 amide bonds. The van der Waals surface area contributed by atoms with E-state index in [1.165, 1.54) is 0 Å². The number of rotatable bonds is 5. The summed E-state index contributed by atoms with van der Waals surface area (Å²) in [6.07, 6.45) is 1.96. The van der Waals surface area contributed by atoms with Crippen LogP contribution in [-0.2, 0) is 16.0 Å². The van der Waals surface area contributed by atoms with Crippen LogP contribution in [0, 0.1) is 0 Å². The largest absolute Gasteiger partial charge is 0.497 e. The molecule has 2 aromatic rings. The number of fused-ring (bicyclic) bond motifs is 1. The van der Waals surface area contributed by atoms with Gasteiger partial charge in [-0.25, -0.2) is 0 Å². The Balaban J connectivity index is 1.57. The third-order valence-electron chi connectivity index (χ3n) is 4.79. The molecule has 140 valence electrons. The lowest BCUT2D eigenvalue weighted by Crippen LogP contribution is -2.51. The van der Waals surface area contributed by atoms with Gasteiger partial charge in [-0.2, -0.15) is 0 Å². The molecule has 7 heteroatoms. The van der Waals surface area contributed by atoms with Gasteiger partial charge in [0.05, 0.1) is 26.3 Å². The van der Waals surface area contributed by atoms with E-state index in [-0.39, 0.29) is 11.8 Å². The first-order chi connectivity index (χ1) is 12.5. The maximum Gasteiger partial charge on any atom is 0.236 e. The monoisotopic (exact) mass is 359 g/mol. The first-order valence-corrected chi connectivity index (χ1v) is 8.72. The van der Waals surface area contributed by atoms with Crippen molar-refractivity contribution in [3.63, 3.8) is 0 Å². The molecule has 0 N–H and O–H groups in total. The second kappa shape index (κ2) is 7.78. The van der Waals surface area contributed by atoms with E-state index in [0.29, 0.717) is 39.1 Å². The highest BCUT2D eigenvalue weighted by atomic mass is 16.5. The Bertz CT molecular complexity index is 791. The number of nitrogens with zero attached hydrogens (tertiary/aromatic N) is 3. The van der Waals surface area contributed by atoms with Gasteiger partial charge in [-0.1, -0.05) is 0 Å². The molecule has 7 nitrogen and oxygen atoms in total. The zero-order valence-corrected chi connectivity index (χ0v) is 15.5. The van der Waals surface area contributed by atoms with E-state index in [2.05, 4.69) is 4.90 Å². The Morgan fingerprint density at radius 2 is 1.92 bits per heavy atom. The van der Waals surface area contributed by atoms with E-state index >= 15 is 0 Å². The first-order valence-electron chi connectivity index (χ1n) is 8.72. The second-order valence-corrected chi connectivity index (χ2v) is 6.74. The maximum atomic E-state index is 12.6. The molecule has 1 aliphatic rings. The smallest absolute Gasteiger partial charge is 0.236 e. The topological polar surface area (TPSA) is 66.2 Å². The lowest BCUT2D eigenvalue weighted by Gasteiger charge is -2.34. The number of furan rings is 1. The fourth-order valence-corrected chi connectivity index (χ4v) is 3.09. The van der Waals surface area contributed by atoms with Gasteiger partial charge in [-0.05, 0) is 12.1 Å². The fraction of sp³-hybridized carbons (Fsp3) is 0.474. The van der Waals surface area contributed by atoms with Crippen molar-refractivity contribution in [1.82, 2.24) is 14.7 Å². The number of ether oxygens (including phenoxy) is 1. The van der Waals surface area contributed by atoms with Gasteiger partial charge in [0, 0.05) is 57.3 Å². The van der Waals surface area contributed by atoms with Crippen LogP contribution in [0.1, 0.15) is 5.56 Å². The van der Waals surface area contributed by atoms with E-state index in [4.69, 9.17) is 9.15 Å². The van der Waals surface area contributed by atoms with Gasteiger partial charge < -0.3 is 19.0 Å². The van der Waals surface area contributed by atoms with E-state index in [0.717, 1.165) is 22.3 Å². The SMILES string of the molecule is COc1ccc2c(CC(=O)N3CCN(CC(=O)N(C)C)CC3)coc2c1. The lowest BCUT2D eigenvalue weighted by atomic mass is 10.1. The lowest BCUT2D eigenvalue weighted by molar-refractivity contribution is -0.133. The molecule has 3 rings (SSSR count). The number of carbonyl (C=O) groups excluding carboxylic acids is 2. The second-order valence-electron chi connectivity index (χ2n) is 6.74. The highest BCUT2D eigenvalue weighted by Crippen LogP contribution is 2.26. The number of piperazine rings is 1. The third-order valence-corrected chi connectivity index (χ3v) is 4.79.